The van der Waals surface area contributed by atoms with Crippen molar-refractivity contribution >= 4 is 0 Å². The molecular formula is C19H20N2O3. The zero-order valence-corrected chi connectivity index (χ0v) is 14.3. The maximum atomic E-state index is 5.83. The summed E-state index contributed by atoms with van der Waals surface area (Å²) in [5, 5.41) is 8.13. The van der Waals surface area contributed by atoms with Crippen molar-refractivity contribution < 1.29 is 13.9 Å². The molecule has 24 heavy (non-hydrogen) atoms. The van der Waals surface area contributed by atoms with E-state index in [0.29, 0.717) is 11.8 Å². The van der Waals surface area contributed by atoms with Gasteiger partial charge in [0, 0.05) is 5.56 Å². The van der Waals surface area contributed by atoms with E-state index in [0.717, 1.165) is 22.6 Å². The zero-order valence-electron chi connectivity index (χ0n) is 14.3. The Bertz CT molecular complexity index is 856. The monoisotopic (exact) mass is 324 g/mol. The van der Waals surface area contributed by atoms with Gasteiger partial charge < -0.3 is 13.9 Å². The van der Waals surface area contributed by atoms with Crippen LogP contribution in [0.15, 0.2) is 40.8 Å². The van der Waals surface area contributed by atoms with Gasteiger partial charge >= 0.3 is 0 Å². The van der Waals surface area contributed by atoms with Crippen molar-refractivity contribution in [1.29, 1.82) is 0 Å². The van der Waals surface area contributed by atoms with Crippen LogP contribution in [0.2, 0.25) is 0 Å². The normalized spacial score (nSPS) is 10.7. The lowest BCUT2D eigenvalue weighted by Gasteiger charge is -2.10. The maximum absolute atomic E-state index is 5.83. The van der Waals surface area contributed by atoms with Gasteiger partial charge in [-0.25, -0.2) is 0 Å². The number of aromatic nitrogens is 2. The smallest absolute Gasteiger partial charge is 0.254 e. The number of benzene rings is 2. The molecule has 3 aromatic rings. The lowest BCUT2D eigenvalue weighted by atomic mass is 10.1. The fourth-order valence-electron chi connectivity index (χ4n) is 2.41. The first-order chi connectivity index (χ1) is 11.6. The molecule has 3 rings (SSSR count). The van der Waals surface area contributed by atoms with E-state index in [2.05, 4.69) is 30.1 Å². The van der Waals surface area contributed by atoms with E-state index in [-0.39, 0.29) is 6.61 Å². The Kier molecular flexibility index (Phi) is 4.51. The fraction of sp³-hybridized carbons (Fsp3) is 0.263. The van der Waals surface area contributed by atoms with Gasteiger partial charge in [0.25, 0.3) is 5.89 Å². The number of methoxy groups -OCH3 is 1. The Morgan fingerprint density at radius 1 is 0.958 bits per heavy atom. The van der Waals surface area contributed by atoms with E-state index < -0.39 is 0 Å². The average Bonchev–Trinajstić information content (AvgIpc) is 3.06. The summed E-state index contributed by atoms with van der Waals surface area (Å²) in [5.41, 5.74) is 4.34. The highest BCUT2D eigenvalue weighted by molar-refractivity contribution is 5.55. The summed E-state index contributed by atoms with van der Waals surface area (Å²) in [4.78, 5) is 0. The molecule has 0 spiro atoms. The highest BCUT2D eigenvalue weighted by Gasteiger charge is 2.11. The molecule has 0 aliphatic heterocycles. The predicted octanol–water partition coefficient (Wildman–Crippen LogP) is 4.25. The van der Waals surface area contributed by atoms with Gasteiger partial charge in [-0.2, -0.15) is 0 Å². The van der Waals surface area contributed by atoms with Crippen molar-refractivity contribution in [2.75, 3.05) is 7.11 Å². The second kappa shape index (κ2) is 6.74. The van der Waals surface area contributed by atoms with Crippen LogP contribution in [0, 0.1) is 20.8 Å². The SMILES string of the molecule is COc1cccc(-c2nnc(COc3cc(C)c(C)cc3C)o2)c1. The summed E-state index contributed by atoms with van der Waals surface area (Å²) in [5.74, 6) is 2.46. The molecule has 0 aliphatic carbocycles. The quantitative estimate of drug-likeness (QED) is 0.702. The Morgan fingerprint density at radius 3 is 2.54 bits per heavy atom. The van der Waals surface area contributed by atoms with Gasteiger partial charge in [0.2, 0.25) is 5.89 Å². The van der Waals surface area contributed by atoms with Gasteiger partial charge in [-0.3, -0.25) is 0 Å². The Hall–Kier alpha value is -2.82. The van der Waals surface area contributed by atoms with Crippen LogP contribution >= 0.6 is 0 Å². The van der Waals surface area contributed by atoms with Crippen LogP contribution in [0.4, 0.5) is 0 Å². The largest absolute Gasteiger partial charge is 0.497 e. The molecule has 5 heteroatoms. The molecular weight excluding hydrogens is 304 g/mol. The molecule has 124 valence electrons. The average molecular weight is 324 g/mol. The topological polar surface area (TPSA) is 57.4 Å². The third-order valence-electron chi connectivity index (χ3n) is 3.93. The molecule has 2 aromatic carbocycles. The predicted molar refractivity (Wildman–Crippen MR) is 91.3 cm³/mol. The standard InChI is InChI=1S/C19H20N2O3/c1-12-8-14(3)17(9-13(12)2)23-11-18-20-21-19(24-18)15-6-5-7-16(10-15)22-4/h5-10H,11H2,1-4H3. The van der Waals surface area contributed by atoms with Crippen LogP contribution in [0.1, 0.15) is 22.6 Å². The van der Waals surface area contributed by atoms with Crippen molar-refractivity contribution in [3.05, 3.63) is 59.0 Å². The van der Waals surface area contributed by atoms with Crippen LogP contribution in [0.3, 0.4) is 0 Å². The second-order valence-electron chi connectivity index (χ2n) is 5.72. The molecule has 0 saturated heterocycles. The minimum atomic E-state index is 0.236. The minimum Gasteiger partial charge on any atom is -0.497 e. The van der Waals surface area contributed by atoms with Crippen LogP contribution in [-0.2, 0) is 6.61 Å². The summed E-state index contributed by atoms with van der Waals surface area (Å²) in [6.45, 7) is 6.41. The Labute approximate surface area is 141 Å². The molecule has 5 nitrogen and oxygen atoms in total. The number of ether oxygens (including phenoxy) is 2. The van der Waals surface area contributed by atoms with Crippen molar-refractivity contribution in [1.82, 2.24) is 10.2 Å². The van der Waals surface area contributed by atoms with Gasteiger partial charge in [0.1, 0.15) is 11.5 Å². The first kappa shape index (κ1) is 16.1. The summed E-state index contributed by atoms with van der Waals surface area (Å²) >= 11 is 0. The summed E-state index contributed by atoms with van der Waals surface area (Å²) in [6, 6.07) is 11.6. The number of hydrogen-bond donors (Lipinski definition) is 0. The fourth-order valence-corrected chi connectivity index (χ4v) is 2.41. The Morgan fingerprint density at radius 2 is 1.75 bits per heavy atom. The van der Waals surface area contributed by atoms with E-state index in [9.17, 15) is 0 Å². The number of aryl methyl sites for hydroxylation is 3. The van der Waals surface area contributed by atoms with Crippen molar-refractivity contribution in [2.24, 2.45) is 0 Å². The molecule has 1 heterocycles. The third kappa shape index (κ3) is 3.40. The van der Waals surface area contributed by atoms with E-state index in [1.807, 2.05) is 37.3 Å². The lowest BCUT2D eigenvalue weighted by molar-refractivity contribution is 0.262. The van der Waals surface area contributed by atoms with Crippen LogP contribution in [0.5, 0.6) is 11.5 Å². The van der Waals surface area contributed by atoms with E-state index in [4.69, 9.17) is 13.9 Å². The number of hydrogen-bond acceptors (Lipinski definition) is 5. The molecule has 0 saturated carbocycles. The van der Waals surface area contributed by atoms with Crippen molar-refractivity contribution in [2.45, 2.75) is 27.4 Å². The number of rotatable bonds is 5. The molecule has 0 bridgehead atoms. The highest BCUT2D eigenvalue weighted by atomic mass is 16.5. The summed E-state index contributed by atoms with van der Waals surface area (Å²) in [7, 11) is 1.62. The Balaban J connectivity index is 1.73. The molecule has 0 amide bonds. The molecule has 0 radical (unpaired) electrons. The van der Waals surface area contributed by atoms with Crippen LogP contribution < -0.4 is 9.47 Å². The zero-order chi connectivity index (χ0) is 17.1. The van der Waals surface area contributed by atoms with Gasteiger partial charge in [-0.1, -0.05) is 12.1 Å². The molecule has 1 aromatic heterocycles. The summed E-state index contributed by atoms with van der Waals surface area (Å²) in [6.07, 6.45) is 0. The molecule has 0 N–H and O–H groups in total. The van der Waals surface area contributed by atoms with Crippen LogP contribution in [0.25, 0.3) is 11.5 Å². The first-order valence-corrected chi connectivity index (χ1v) is 7.74. The van der Waals surface area contributed by atoms with Gasteiger partial charge in [0.05, 0.1) is 7.11 Å². The third-order valence-corrected chi connectivity index (χ3v) is 3.93. The van der Waals surface area contributed by atoms with Gasteiger partial charge in [-0.05, 0) is 61.7 Å². The molecule has 0 atom stereocenters. The summed E-state index contributed by atoms with van der Waals surface area (Å²) < 4.78 is 16.7. The van der Waals surface area contributed by atoms with E-state index in [1.54, 1.807) is 7.11 Å². The van der Waals surface area contributed by atoms with Crippen molar-refractivity contribution in [3.8, 4) is 23.0 Å². The van der Waals surface area contributed by atoms with Gasteiger partial charge in [0.15, 0.2) is 6.61 Å². The number of nitrogens with zero attached hydrogens (tertiary/aromatic N) is 2. The minimum absolute atomic E-state index is 0.236. The van der Waals surface area contributed by atoms with Crippen molar-refractivity contribution in [3.63, 3.8) is 0 Å². The van der Waals surface area contributed by atoms with Gasteiger partial charge in [-0.15, -0.1) is 10.2 Å². The lowest BCUT2D eigenvalue weighted by Crippen LogP contribution is -1.98. The molecule has 0 fully saturated rings. The first-order valence-electron chi connectivity index (χ1n) is 7.74. The molecule has 0 unspecified atom stereocenters. The van der Waals surface area contributed by atoms with E-state index in [1.165, 1.54) is 11.1 Å². The van der Waals surface area contributed by atoms with E-state index >= 15 is 0 Å². The maximum Gasteiger partial charge on any atom is 0.254 e. The van der Waals surface area contributed by atoms with Crippen LogP contribution in [-0.4, -0.2) is 17.3 Å². The second-order valence-corrected chi connectivity index (χ2v) is 5.72. The molecule has 0 aliphatic rings. The highest BCUT2D eigenvalue weighted by Crippen LogP contribution is 2.25.